The Labute approximate surface area is 153 Å². The van der Waals surface area contributed by atoms with Gasteiger partial charge in [-0.3, -0.25) is 4.79 Å². The highest BCUT2D eigenvalue weighted by Gasteiger charge is 2.62. The molecule has 0 aromatic heterocycles. The second kappa shape index (κ2) is 5.96. The van der Waals surface area contributed by atoms with Gasteiger partial charge in [-0.2, -0.15) is 13.2 Å². The predicted octanol–water partition coefficient (Wildman–Crippen LogP) is 5.14. The van der Waals surface area contributed by atoms with E-state index in [-0.39, 0.29) is 30.1 Å². The van der Waals surface area contributed by atoms with Crippen molar-refractivity contribution in [1.29, 1.82) is 0 Å². The molecule has 0 aliphatic heterocycles. The summed E-state index contributed by atoms with van der Waals surface area (Å²) >= 11 is 0. The van der Waals surface area contributed by atoms with Crippen molar-refractivity contribution in [2.75, 3.05) is 0 Å². The van der Waals surface area contributed by atoms with E-state index in [2.05, 4.69) is 6.92 Å². The number of hydrogen-bond acceptors (Lipinski definition) is 2. The van der Waals surface area contributed by atoms with Crippen LogP contribution < -0.4 is 0 Å². The summed E-state index contributed by atoms with van der Waals surface area (Å²) < 4.78 is 39.8. The lowest BCUT2D eigenvalue weighted by molar-refractivity contribution is -0.282. The molecule has 8 atom stereocenters. The Morgan fingerprint density at radius 2 is 1.65 bits per heavy atom. The molecule has 1 N–H and O–H groups in total. The Kier molecular flexibility index (Phi) is 4.30. The maximum atomic E-state index is 13.3. The van der Waals surface area contributed by atoms with Gasteiger partial charge in [-0.25, -0.2) is 0 Å². The molecule has 0 bridgehead atoms. The molecular formula is C21H31F3O2. The zero-order chi connectivity index (χ0) is 18.9. The van der Waals surface area contributed by atoms with Crippen LogP contribution in [0.5, 0.6) is 0 Å². The molecule has 4 saturated carbocycles. The molecule has 8 unspecified atom stereocenters. The molecule has 2 nitrogen and oxygen atoms in total. The van der Waals surface area contributed by atoms with Crippen LogP contribution in [-0.4, -0.2) is 22.7 Å². The van der Waals surface area contributed by atoms with Crippen LogP contribution in [-0.2, 0) is 4.79 Å². The molecule has 0 aromatic rings. The van der Waals surface area contributed by atoms with E-state index in [1.54, 1.807) is 6.92 Å². The van der Waals surface area contributed by atoms with Crippen LogP contribution in [0.3, 0.4) is 0 Å². The monoisotopic (exact) mass is 372 g/mol. The summed E-state index contributed by atoms with van der Waals surface area (Å²) in [4.78, 5) is 12.1. The summed E-state index contributed by atoms with van der Waals surface area (Å²) in [5.74, 6) is 2.44. The Bertz CT molecular complexity index is 588. The lowest BCUT2D eigenvalue weighted by Gasteiger charge is -2.57. The van der Waals surface area contributed by atoms with E-state index in [1.165, 1.54) is 0 Å². The number of Topliss-reactive ketones (excluding diaryl/α,β-unsaturated/α-hetero) is 1. The van der Waals surface area contributed by atoms with E-state index in [1.807, 2.05) is 0 Å². The number of fused-ring (bicyclic) bond motifs is 5. The van der Waals surface area contributed by atoms with Crippen molar-refractivity contribution in [1.82, 2.24) is 0 Å². The van der Waals surface area contributed by atoms with Crippen LogP contribution in [0.15, 0.2) is 0 Å². The average Bonchev–Trinajstić information content (AvgIpc) is 2.90. The Balaban J connectivity index is 1.53. The second-order valence-electron chi connectivity index (χ2n) is 9.99. The molecule has 5 heteroatoms. The van der Waals surface area contributed by atoms with Crippen molar-refractivity contribution in [2.24, 2.45) is 40.9 Å². The minimum absolute atomic E-state index is 0.00554. The maximum absolute atomic E-state index is 13.3. The highest BCUT2D eigenvalue weighted by atomic mass is 19.4. The lowest BCUT2D eigenvalue weighted by atomic mass is 9.49. The normalized spacial score (nSPS) is 51.3. The molecule has 0 heterocycles. The zero-order valence-electron chi connectivity index (χ0n) is 15.8. The SMILES string of the molecule is CC(=O)C1CCC2C3CCC4CC(O)(C(F)(F)F)CCC4C3CCC12C. The summed E-state index contributed by atoms with van der Waals surface area (Å²) in [6, 6.07) is 0. The number of halogens is 3. The number of hydrogen-bond donors (Lipinski definition) is 1. The molecule has 0 amide bonds. The fourth-order valence-corrected chi connectivity index (χ4v) is 7.80. The number of alkyl halides is 3. The first-order valence-corrected chi connectivity index (χ1v) is 10.4. The van der Waals surface area contributed by atoms with Crippen LogP contribution in [0.1, 0.15) is 71.6 Å². The third-order valence-corrected chi connectivity index (χ3v) is 9.03. The number of carbonyl (C=O) groups excluding carboxylic acids is 1. The molecule has 148 valence electrons. The summed E-state index contributed by atoms with van der Waals surface area (Å²) in [6.45, 7) is 4.02. The minimum atomic E-state index is -4.51. The lowest BCUT2D eigenvalue weighted by Crippen LogP contribution is -2.55. The van der Waals surface area contributed by atoms with Crippen molar-refractivity contribution in [3.8, 4) is 0 Å². The highest BCUT2D eigenvalue weighted by molar-refractivity contribution is 5.79. The van der Waals surface area contributed by atoms with Gasteiger partial charge in [-0.05, 0) is 99.7 Å². The van der Waals surface area contributed by atoms with Crippen LogP contribution in [0.2, 0.25) is 0 Å². The quantitative estimate of drug-likeness (QED) is 0.692. The largest absolute Gasteiger partial charge is 0.417 e. The molecule has 0 spiro atoms. The van der Waals surface area contributed by atoms with Crippen LogP contribution in [0, 0.1) is 40.9 Å². The van der Waals surface area contributed by atoms with Crippen molar-refractivity contribution >= 4 is 5.78 Å². The molecule has 4 rings (SSSR count). The Morgan fingerprint density at radius 1 is 0.962 bits per heavy atom. The van der Waals surface area contributed by atoms with Gasteiger partial charge in [0.25, 0.3) is 0 Å². The van der Waals surface area contributed by atoms with E-state index < -0.39 is 11.8 Å². The van der Waals surface area contributed by atoms with Gasteiger partial charge in [0.05, 0.1) is 0 Å². The minimum Gasteiger partial charge on any atom is -0.380 e. The third kappa shape index (κ3) is 2.59. The van der Waals surface area contributed by atoms with E-state index in [9.17, 15) is 23.1 Å². The number of aliphatic hydroxyl groups is 1. The van der Waals surface area contributed by atoms with Gasteiger partial charge in [0.2, 0.25) is 0 Å². The Hall–Kier alpha value is -0.580. The fraction of sp³-hybridized carbons (Fsp3) is 0.952. The molecular weight excluding hydrogens is 341 g/mol. The zero-order valence-corrected chi connectivity index (χ0v) is 15.8. The maximum Gasteiger partial charge on any atom is 0.417 e. The molecule has 26 heavy (non-hydrogen) atoms. The first kappa shape index (κ1) is 18.8. The topological polar surface area (TPSA) is 37.3 Å². The smallest absolute Gasteiger partial charge is 0.380 e. The first-order chi connectivity index (χ1) is 12.1. The van der Waals surface area contributed by atoms with Gasteiger partial charge in [-0.1, -0.05) is 6.92 Å². The standard InChI is InChI=1S/C21H31F3O2/c1-12(25)17-5-6-18-16-4-3-13-11-20(26,21(22,23)24)10-8-14(13)15(16)7-9-19(17,18)2/h13-18,26H,3-11H2,1-2H3. The third-order valence-electron chi connectivity index (χ3n) is 9.03. The van der Waals surface area contributed by atoms with Gasteiger partial charge in [0.15, 0.2) is 5.60 Å². The van der Waals surface area contributed by atoms with Gasteiger partial charge in [-0.15, -0.1) is 0 Å². The summed E-state index contributed by atoms with van der Waals surface area (Å²) in [5, 5.41) is 10.2. The van der Waals surface area contributed by atoms with Crippen LogP contribution >= 0.6 is 0 Å². The molecule has 4 aliphatic carbocycles. The molecule has 0 aromatic carbocycles. The molecule has 4 aliphatic rings. The number of rotatable bonds is 1. The first-order valence-electron chi connectivity index (χ1n) is 10.4. The van der Waals surface area contributed by atoms with Crippen LogP contribution in [0.25, 0.3) is 0 Å². The molecule has 0 radical (unpaired) electrons. The van der Waals surface area contributed by atoms with E-state index >= 15 is 0 Å². The summed E-state index contributed by atoms with van der Waals surface area (Å²) in [5.41, 5.74) is -2.38. The highest BCUT2D eigenvalue weighted by Crippen LogP contribution is 2.65. The number of carbonyl (C=O) groups is 1. The molecule has 4 fully saturated rings. The van der Waals surface area contributed by atoms with Gasteiger partial charge >= 0.3 is 6.18 Å². The fourth-order valence-electron chi connectivity index (χ4n) is 7.80. The van der Waals surface area contributed by atoms with Crippen molar-refractivity contribution in [2.45, 2.75) is 83.4 Å². The summed E-state index contributed by atoms with van der Waals surface area (Å²) in [7, 11) is 0. The second-order valence-corrected chi connectivity index (χ2v) is 9.99. The van der Waals surface area contributed by atoms with E-state index in [0.29, 0.717) is 35.9 Å². The average molecular weight is 372 g/mol. The van der Waals surface area contributed by atoms with E-state index in [4.69, 9.17) is 0 Å². The summed E-state index contributed by atoms with van der Waals surface area (Å²) in [6.07, 6.45) is 1.70. The number of ketones is 1. The Morgan fingerprint density at radius 3 is 2.31 bits per heavy atom. The van der Waals surface area contributed by atoms with Crippen molar-refractivity contribution in [3.05, 3.63) is 0 Å². The van der Waals surface area contributed by atoms with Crippen LogP contribution in [0.4, 0.5) is 13.2 Å². The van der Waals surface area contributed by atoms with E-state index in [0.717, 1.165) is 38.5 Å². The predicted molar refractivity (Wildman–Crippen MR) is 92.3 cm³/mol. The van der Waals surface area contributed by atoms with Crippen molar-refractivity contribution in [3.63, 3.8) is 0 Å². The van der Waals surface area contributed by atoms with Crippen molar-refractivity contribution < 1.29 is 23.1 Å². The molecule has 0 saturated heterocycles. The van der Waals surface area contributed by atoms with Gasteiger partial charge in [0, 0.05) is 5.92 Å². The van der Waals surface area contributed by atoms with Gasteiger partial charge < -0.3 is 5.11 Å². The van der Waals surface area contributed by atoms with Gasteiger partial charge in [0.1, 0.15) is 5.78 Å².